The lowest BCUT2D eigenvalue weighted by molar-refractivity contribution is -0.134. The Balaban J connectivity index is 0.000000711. The topological polar surface area (TPSA) is 102 Å². The number of hydrogen-bond donors (Lipinski definition) is 3. The summed E-state index contributed by atoms with van der Waals surface area (Å²) in [4.78, 5) is 9.00. The van der Waals surface area contributed by atoms with Gasteiger partial charge in [-0.1, -0.05) is 0 Å². The van der Waals surface area contributed by atoms with Gasteiger partial charge in [-0.2, -0.15) is 0 Å². The highest BCUT2D eigenvalue weighted by molar-refractivity contribution is 5.62. The van der Waals surface area contributed by atoms with Crippen LogP contribution >= 0.6 is 0 Å². The maximum atomic E-state index is 9.87. The molecule has 1 rings (SSSR count). The summed E-state index contributed by atoms with van der Waals surface area (Å²) in [6.45, 7) is 2.82. The quantitative estimate of drug-likeness (QED) is 0.760. The van der Waals surface area contributed by atoms with Crippen molar-refractivity contribution < 1.29 is 24.5 Å². The first-order valence-corrected chi connectivity index (χ1v) is 5.68. The first kappa shape index (κ1) is 17.2. The number of nitrogens with two attached hydrogens (primary N) is 1. The van der Waals surface area contributed by atoms with Crippen LogP contribution in [-0.4, -0.2) is 36.4 Å². The van der Waals surface area contributed by atoms with E-state index in [1.165, 1.54) is 0 Å². The Morgan fingerprint density at radius 2 is 1.84 bits per heavy atom. The Labute approximate surface area is 112 Å². The van der Waals surface area contributed by atoms with E-state index in [0.717, 1.165) is 6.92 Å². The Bertz CT molecular complexity index is 402. The predicted molar refractivity (Wildman–Crippen MR) is 71.5 cm³/mol. The van der Waals surface area contributed by atoms with Crippen molar-refractivity contribution in [3.05, 3.63) is 23.8 Å². The highest BCUT2D eigenvalue weighted by Crippen LogP contribution is 2.30. The smallest absolute Gasteiger partial charge is 0.300 e. The molecule has 0 bridgehead atoms. The Morgan fingerprint density at radius 1 is 1.32 bits per heavy atom. The Hall–Kier alpha value is -1.79. The SMILES string of the molecule is CC(=O)O.COc1ccc(OC)c(C(O)C(C)N)c1. The van der Waals surface area contributed by atoms with Crippen LogP contribution in [0.4, 0.5) is 0 Å². The van der Waals surface area contributed by atoms with Crippen molar-refractivity contribution in [3.63, 3.8) is 0 Å². The fourth-order valence-corrected chi connectivity index (χ4v) is 1.35. The lowest BCUT2D eigenvalue weighted by atomic mass is 10.0. The number of hydrogen-bond acceptors (Lipinski definition) is 5. The third-order valence-electron chi connectivity index (χ3n) is 2.25. The summed E-state index contributed by atoms with van der Waals surface area (Å²) < 4.78 is 10.2. The molecule has 0 saturated heterocycles. The second-order valence-electron chi connectivity index (χ2n) is 3.93. The van der Waals surface area contributed by atoms with Crippen molar-refractivity contribution in [3.8, 4) is 11.5 Å². The molecule has 4 N–H and O–H groups in total. The van der Waals surface area contributed by atoms with Gasteiger partial charge in [-0.3, -0.25) is 4.79 Å². The lowest BCUT2D eigenvalue weighted by Crippen LogP contribution is -2.24. The summed E-state index contributed by atoms with van der Waals surface area (Å²) in [7, 11) is 3.13. The van der Waals surface area contributed by atoms with Crippen LogP contribution in [-0.2, 0) is 4.79 Å². The van der Waals surface area contributed by atoms with Crippen LogP contribution in [0.5, 0.6) is 11.5 Å². The minimum absolute atomic E-state index is 0.356. The molecule has 0 heterocycles. The normalized spacial score (nSPS) is 12.7. The van der Waals surface area contributed by atoms with E-state index in [1.807, 2.05) is 0 Å². The molecule has 1 aromatic carbocycles. The van der Waals surface area contributed by atoms with Gasteiger partial charge in [0.25, 0.3) is 5.97 Å². The van der Waals surface area contributed by atoms with Crippen molar-refractivity contribution in [1.82, 2.24) is 0 Å². The molecule has 108 valence electrons. The standard InChI is InChI=1S/C11H17NO3.C2H4O2/c1-7(12)11(13)9-6-8(14-2)4-5-10(9)15-3;1-2(3)4/h4-7,11,13H,12H2,1-3H3;1H3,(H,3,4). The molecule has 1 aromatic rings. The van der Waals surface area contributed by atoms with E-state index in [0.29, 0.717) is 17.1 Å². The van der Waals surface area contributed by atoms with Crippen molar-refractivity contribution in [2.24, 2.45) is 5.73 Å². The zero-order valence-electron chi connectivity index (χ0n) is 11.6. The van der Waals surface area contributed by atoms with Crippen LogP contribution in [0.2, 0.25) is 0 Å². The van der Waals surface area contributed by atoms with E-state index in [9.17, 15) is 5.11 Å². The van der Waals surface area contributed by atoms with Gasteiger partial charge in [0.05, 0.1) is 20.3 Å². The number of aliphatic hydroxyl groups is 1. The van der Waals surface area contributed by atoms with E-state index >= 15 is 0 Å². The first-order chi connectivity index (χ1) is 8.83. The van der Waals surface area contributed by atoms with Crippen LogP contribution in [0.1, 0.15) is 25.5 Å². The Morgan fingerprint density at radius 3 is 2.21 bits per heavy atom. The third kappa shape index (κ3) is 6.08. The van der Waals surface area contributed by atoms with Crippen LogP contribution in [0.25, 0.3) is 0 Å². The van der Waals surface area contributed by atoms with E-state index in [2.05, 4.69) is 0 Å². The molecule has 0 aromatic heterocycles. The second-order valence-corrected chi connectivity index (χ2v) is 3.93. The average Bonchev–Trinajstić information content (AvgIpc) is 2.36. The monoisotopic (exact) mass is 271 g/mol. The van der Waals surface area contributed by atoms with Crippen molar-refractivity contribution in [1.29, 1.82) is 0 Å². The van der Waals surface area contributed by atoms with Crippen molar-refractivity contribution >= 4 is 5.97 Å². The second kappa shape index (κ2) is 8.34. The van der Waals surface area contributed by atoms with Crippen LogP contribution < -0.4 is 15.2 Å². The number of rotatable bonds is 4. The number of aliphatic hydroxyl groups excluding tert-OH is 1. The van der Waals surface area contributed by atoms with E-state index < -0.39 is 12.1 Å². The van der Waals surface area contributed by atoms with Gasteiger partial charge < -0.3 is 25.4 Å². The fraction of sp³-hybridized carbons (Fsp3) is 0.462. The maximum absolute atomic E-state index is 9.87. The molecule has 0 radical (unpaired) electrons. The number of ether oxygens (including phenoxy) is 2. The van der Waals surface area contributed by atoms with E-state index in [4.69, 9.17) is 25.1 Å². The molecule has 19 heavy (non-hydrogen) atoms. The van der Waals surface area contributed by atoms with Gasteiger partial charge in [0.1, 0.15) is 11.5 Å². The number of methoxy groups -OCH3 is 2. The van der Waals surface area contributed by atoms with Gasteiger partial charge in [0.2, 0.25) is 0 Å². The number of benzene rings is 1. The fourth-order valence-electron chi connectivity index (χ4n) is 1.35. The average molecular weight is 271 g/mol. The molecule has 2 atom stereocenters. The molecular weight excluding hydrogens is 250 g/mol. The van der Waals surface area contributed by atoms with Gasteiger partial charge in [-0.05, 0) is 25.1 Å². The van der Waals surface area contributed by atoms with Crippen LogP contribution in [0.3, 0.4) is 0 Å². The molecular formula is C13H21NO5. The van der Waals surface area contributed by atoms with Crippen LogP contribution in [0.15, 0.2) is 18.2 Å². The minimum atomic E-state index is -0.833. The lowest BCUT2D eigenvalue weighted by Gasteiger charge is -2.18. The Kier molecular flexibility index (Phi) is 7.55. The summed E-state index contributed by atoms with van der Waals surface area (Å²) >= 11 is 0. The maximum Gasteiger partial charge on any atom is 0.300 e. The molecule has 0 saturated carbocycles. The zero-order chi connectivity index (χ0) is 15.0. The number of aliphatic carboxylic acids is 1. The molecule has 2 unspecified atom stereocenters. The molecule has 0 aliphatic carbocycles. The molecule has 0 aliphatic heterocycles. The third-order valence-corrected chi connectivity index (χ3v) is 2.25. The molecule has 0 amide bonds. The van der Waals surface area contributed by atoms with Gasteiger partial charge in [0.15, 0.2) is 0 Å². The summed E-state index contributed by atoms with van der Waals surface area (Å²) in [6.07, 6.45) is -0.755. The zero-order valence-corrected chi connectivity index (χ0v) is 11.6. The summed E-state index contributed by atoms with van der Waals surface area (Å²) in [6, 6.07) is 4.90. The predicted octanol–water partition coefficient (Wildman–Crippen LogP) is 1.18. The minimum Gasteiger partial charge on any atom is -0.497 e. The van der Waals surface area contributed by atoms with Crippen molar-refractivity contribution in [2.45, 2.75) is 26.0 Å². The molecule has 0 aliphatic rings. The summed E-state index contributed by atoms with van der Waals surface area (Å²) in [5.41, 5.74) is 6.28. The number of carboxylic acids is 1. The first-order valence-electron chi connectivity index (χ1n) is 5.68. The highest BCUT2D eigenvalue weighted by atomic mass is 16.5. The van der Waals surface area contributed by atoms with Gasteiger partial charge in [-0.15, -0.1) is 0 Å². The van der Waals surface area contributed by atoms with E-state index in [1.54, 1.807) is 39.3 Å². The van der Waals surface area contributed by atoms with E-state index in [-0.39, 0.29) is 6.04 Å². The highest BCUT2D eigenvalue weighted by Gasteiger charge is 2.17. The molecule has 6 heteroatoms. The number of carboxylic acid groups (broad SMARTS) is 1. The molecule has 0 spiro atoms. The van der Waals surface area contributed by atoms with Crippen molar-refractivity contribution in [2.75, 3.05) is 14.2 Å². The summed E-state index contributed by atoms with van der Waals surface area (Å²) in [5, 5.41) is 17.3. The molecule has 0 fully saturated rings. The summed E-state index contributed by atoms with van der Waals surface area (Å²) in [5.74, 6) is 0.450. The van der Waals surface area contributed by atoms with Gasteiger partial charge >= 0.3 is 0 Å². The van der Waals surface area contributed by atoms with Gasteiger partial charge in [0, 0.05) is 18.5 Å². The number of carbonyl (C=O) groups is 1. The largest absolute Gasteiger partial charge is 0.497 e. The molecule has 6 nitrogen and oxygen atoms in total. The van der Waals surface area contributed by atoms with Gasteiger partial charge in [-0.25, -0.2) is 0 Å². The van der Waals surface area contributed by atoms with Crippen LogP contribution in [0, 0.1) is 0 Å².